The summed E-state index contributed by atoms with van der Waals surface area (Å²) in [5.41, 5.74) is 3.77. The van der Waals surface area contributed by atoms with E-state index >= 15 is 0 Å². The van der Waals surface area contributed by atoms with Gasteiger partial charge in [-0.3, -0.25) is 4.79 Å². The van der Waals surface area contributed by atoms with Crippen LogP contribution in [0, 0.1) is 0 Å². The van der Waals surface area contributed by atoms with Crippen molar-refractivity contribution >= 4 is 50.2 Å². The Morgan fingerprint density at radius 2 is 1.93 bits per heavy atom. The summed E-state index contributed by atoms with van der Waals surface area (Å²) in [4.78, 5) is 16.8. The third-order valence-corrected chi connectivity index (χ3v) is 4.72. The Labute approximate surface area is 169 Å². The summed E-state index contributed by atoms with van der Waals surface area (Å²) >= 11 is 9.42. The van der Waals surface area contributed by atoms with Gasteiger partial charge in [-0.1, -0.05) is 45.7 Å². The number of carbonyl (C=O) groups is 1. The van der Waals surface area contributed by atoms with E-state index in [1.54, 1.807) is 18.2 Å². The van der Waals surface area contributed by atoms with Crippen molar-refractivity contribution < 1.29 is 9.21 Å². The number of nitrogens with zero attached hydrogens (tertiary/aromatic N) is 1. The van der Waals surface area contributed by atoms with Gasteiger partial charge in [0.1, 0.15) is 5.52 Å². The second kappa shape index (κ2) is 7.55. The topological polar surface area (TPSA) is 55.1 Å². The molecule has 1 heterocycles. The number of amides is 1. The van der Waals surface area contributed by atoms with Crippen molar-refractivity contribution in [1.29, 1.82) is 0 Å². The van der Waals surface area contributed by atoms with Gasteiger partial charge in [0, 0.05) is 20.7 Å². The molecular weight excluding hydrogens is 428 g/mol. The zero-order valence-corrected chi connectivity index (χ0v) is 16.4. The molecule has 0 unspecified atom stereocenters. The van der Waals surface area contributed by atoms with Gasteiger partial charge in [-0.15, -0.1) is 0 Å². The number of halogens is 2. The summed E-state index contributed by atoms with van der Waals surface area (Å²) in [5.74, 6) is 0.393. The Kier molecular flexibility index (Phi) is 4.97. The van der Waals surface area contributed by atoms with Crippen LogP contribution in [-0.2, 0) is 11.2 Å². The van der Waals surface area contributed by atoms with Crippen molar-refractivity contribution in [3.63, 3.8) is 0 Å². The smallest absolute Gasteiger partial charge is 0.228 e. The van der Waals surface area contributed by atoms with Gasteiger partial charge < -0.3 is 9.73 Å². The number of hydrogen-bond donors (Lipinski definition) is 1. The molecule has 0 aliphatic heterocycles. The van der Waals surface area contributed by atoms with Crippen LogP contribution in [0.3, 0.4) is 0 Å². The molecule has 3 aromatic carbocycles. The molecule has 27 heavy (non-hydrogen) atoms. The molecule has 6 heteroatoms. The number of aromatic nitrogens is 1. The molecule has 4 aromatic rings. The van der Waals surface area contributed by atoms with E-state index in [-0.39, 0.29) is 5.91 Å². The number of anilines is 1. The van der Waals surface area contributed by atoms with Gasteiger partial charge in [0.2, 0.25) is 11.8 Å². The molecule has 0 atom stereocenters. The van der Waals surface area contributed by atoms with Crippen molar-refractivity contribution in [2.24, 2.45) is 0 Å². The molecule has 1 N–H and O–H groups in total. The highest BCUT2D eigenvalue weighted by molar-refractivity contribution is 9.10. The summed E-state index contributed by atoms with van der Waals surface area (Å²) in [5, 5.41) is 3.53. The van der Waals surface area contributed by atoms with E-state index in [2.05, 4.69) is 26.2 Å². The molecule has 0 fully saturated rings. The summed E-state index contributed by atoms with van der Waals surface area (Å²) in [6.45, 7) is 0. The number of carbonyl (C=O) groups excluding carboxylic acids is 1. The number of benzene rings is 3. The fraction of sp³-hybridized carbons (Fsp3) is 0.0476. The van der Waals surface area contributed by atoms with Gasteiger partial charge in [-0.05, 0) is 54.1 Å². The third-order valence-electron chi connectivity index (χ3n) is 4.00. The lowest BCUT2D eigenvalue weighted by Gasteiger charge is -2.07. The molecule has 134 valence electrons. The van der Waals surface area contributed by atoms with E-state index in [1.165, 1.54) is 0 Å². The molecule has 4 nitrogen and oxygen atoms in total. The van der Waals surface area contributed by atoms with Crippen LogP contribution in [0.1, 0.15) is 5.56 Å². The van der Waals surface area contributed by atoms with Crippen molar-refractivity contribution in [2.75, 3.05) is 5.32 Å². The predicted molar refractivity (Wildman–Crippen MR) is 111 cm³/mol. The van der Waals surface area contributed by atoms with Gasteiger partial charge in [0.25, 0.3) is 0 Å². The molecular formula is C21H14BrClN2O2. The van der Waals surface area contributed by atoms with E-state index < -0.39 is 0 Å². The number of rotatable bonds is 4. The lowest BCUT2D eigenvalue weighted by atomic mass is 10.1. The summed E-state index contributed by atoms with van der Waals surface area (Å²) in [7, 11) is 0. The molecule has 4 rings (SSSR count). The number of fused-ring (bicyclic) bond motifs is 1. The van der Waals surface area contributed by atoms with E-state index in [0.29, 0.717) is 34.1 Å². The first-order chi connectivity index (χ1) is 13.1. The van der Waals surface area contributed by atoms with E-state index in [0.717, 1.165) is 15.6 Å². The quantitative estimate of drug-likeness (QED) is 0.417. The Balaban J connectivity index is 1.53. The average molecular weight is 442 g/mol. The molecule has 0 spiro atoms. The normalized spacial score (nSPS) is 10.9. The van der Waals surface area contributed by atoms with E-state index in [4.69, 9.17) is 16.0 Å². The van der Waals surface area contributed by atoms with Crippen LogP contribution in [0.2, 0.25) is 5.02 Å². The molecule has 0 bridgehead atoms. The lowest BCUT2D eigenvalue weighted by molar-refractivity contribution is -0.115. The lowest BCUT2D eigenvalue weighted by Crippen LogP contribution is -2.14. The van der Waals surface area contributed by atoms with Crippen molar-refractivity contribution in [2.45, 2.75) is 6.42 Å². The fourth-order valence-corrected chi connectivity index (χ4v) is 3.40. The Bertz CT molecular complexity index is 1140. The fourth-order valence-electron chi connectivity index (χ4n) is 2.79. The number of hydrogen-bond acceptors (Lipinski definition) is 3. The average Bonchev–Trinajstić information content (AvgIpc) is 3.05. The van der Waals surface area contributed by atoms with Crippen LogP contribution in [0.15, 0.2) is 75.6 Å². The molecule has 1 aromatic heterocycles. The minimum atomic E-state index is -0.0883. The first-order valence-corrected chi connectivity index (χ1v) is 9.45. The van der Waals surface area contributed by atoms with Gasteiger partial charge in [0.05, 0.1) is 6.42 Å². The van der Waals surface area contributed by atoms with Crippen LogP contribution >= 0.6 is 27.5 Å². The summed E-state index contributed by atoms with van der Waals surface area (Å²) < 4.78 is 6.74. The first kappa shape index (κ1) is 17.8. The van der Waals surface area contributed by atoms with Crippen molar-refractivity contribution in [3.8, 4) is 11.5 Å². The van der Waals surface area contributed by atoms with Crippen LogP contribution in [0.4, 0.5) is 5.69 Å². The van der Waals surface area contributed by atoms with Crippen LogP contribution in [0.5, 0.6) is 0 Å². The minimum absolute atomic E-state index is 0.0883. The SMILES string of the molecule is O=C(Cc1cccc(Br)c1)Nc1cccc(-c2nc3cc(Cl)ccc3o2)c1. The molecule has 0 saturated heterocycles. The van der Waals surface area contributed by atoms with Crippen molar-refractivity contribution in [1.82, 2.24) is 4.98 Å². The molecule has 1 amide bonds. The first-order valence-electron chi connectivity index (χ1n) is 8.28. The van der Waals surface area contributed by atoms with Crippen molar-refractivity contribution in [3.05, 3.63) is 81.8 Å². The number of oxazole rings is 1. The monoisotopic (exact) mass is 440 g/mol. The summed E-state index contributed by atoms with van der Waals surface area (Å²) in [6, 6.07) is 20.4. The van der Waals surface area contributed by atoms with Crippen LogP contribution in [-0.4, -0.2) is 10.9 Å². The molecule has 0 radical (unpaired) electrons. The van der Waals surface area contributed by atoms with E-state index in [9.17, 15) is 4.79 Å². The molecule has 0 aliphatic carbocycles. The minimum Gasteiger partial charge on any atom is -0.436 e. The largest absolute Gasteiger partial charge is 0.436 e. The maximum atomic E-state index is 12.3. The second-order valence-electron chi connectivity index (χ2n) is 6.07. The Morgan fingerprint density at radius 3 is 2.78 bits per heavy atom. The number of nitrogens with one attached hydrogen (secondary N) is 1. The zero-order chi connectivity index (χ0) is 18.8. The third kappa shape index (κ3) is 4.21. The maximum Gasteiger partial charge on any atom is 0.228 e. The Morgan fingerprint density at radius 1 is 1.07 bits per heavy atom. The molecule has 0 saturated carbocycles. The summed E-state index contributed by atoms with van der Waals surface area (Å²) in [6.07, 6.45) is 0.297. The van der Waals surface area contributed by atoms with Gasteiger partial charge >= 0.3 is 0 Å². The van der Waals surface area contributed by atoms with Gasteiger partial charge in [-0.2, -0.15) is 0 Å². The standard InChI is InChI=1S/C21H14BrClN2O2/c22-15-5-1-3-13(9-15)10-20(26)24-17-6-2-4-14(11-17)21-25-18-12-16(23)7-8-19(18)27-21/h1-9,11-12H,10H2,(H,24,26). The zero-order valence-electron chi connectivity index (χ0n) is 14.1. The van der Waals surface area contributed by atoms with Crippen LogP contribution in [0.25, 0.3) is 22.6 Å². The highest BCUT2D eigenvalue weighted by atomic mass is 79.9. The van der Waals surface area contributed by atoms with Crippen LogP contribution < -0.4 is 5.32 Å². The van der Waals surface area contributed by atoms with E-state index in [1.807, 2.05) is 48.5 Å². The Hall–Kier alpha value is -2.63. The van der Waals surface area contributed by atoms with Gasteiger partial charge in [0.15, 0.2) is 5.58 Å². The highest BCUT2D eigenvalue weighted by Crippen LogP contribution is 2.27. The highest BCUT2D eigenvalue weighted by Gasteiger charge is 2.10. The second-order valence-corrected chi connectivity index (χ2v) is 7.42. The van der Waals surface area contributed by atoms with Gasteiger partial charge in [-0.25, -0.2) is 4.98 Å². The maximum absolute atomic E-state index is 12.3. The molecule has 0 aliphatic rings. The predicted octanol–water partition coefficient (Wildman–Crippen LogP) is 6.09.